The van der Waals surface area contributed by atoms with Crippen molar-refractivity contribution in [3.63, 3.8) is 0 Å². The number of alkyl halides is 3. The number of ether oxygens (including phenoxy) is 2. The van der Waals surface area contributed by atoms with Crippen LogP contribution in [-0.4, -0.2) is 46.5 Å². The van der Waals surface area contributed by atoms with Gasteiger partial charge < -0.3 is 18.8 Å². The number of anilines is 1. The lowest BCUT2D eigenvalue weighted by molar-refractivity contribution is -0.137. The van der Waals surface area contributed by atoms with E-state index in [4.69, 9.17) is 18.8 Å². The van der Waals surface area contributed by atoms with Gasteiger partial charge in [0.15, 0.2) is 0 Å². The van der Waals surface area contributed by atoms with Crippen molar-refractivity contribution >= 4 is 28.3 Å². The van der Waals surface area contributed by atoms with E-state index in [9.17, 15) is 21.6 Å². The van der Waals surface area contributed by atoms with Gasteiger partial charge in [-0.2, -0.15) is 13.2 Å². The molecule has 1 unspecified atom stereocenters. The van der Waals surface area contributed by atoms with Crippen LogP contribution in [0.15, 0.2) is 59.7 Å². The fourth-order valence-electron chi connectivity index (χ4n) is 4.22. The van der Waals surface area contributed by atoms with Crippen LogP contribution < -0.4 is 14.5 Å². The lowest BCUT2D eigenvalue weighted by Crippen LogP contribution is -2.45. The van der Waals surface area contributed by atoms with Gasteiger partial charge >= 0.3 is 13.3 Å². The molecular weight excluding hydrogens is 522 g/mol. The molecule has 4 rings (SSSR count). The Bertz CT molecular complexity index is 1310. The number of benzene rings is 2. The van der Waals surface area contributed by atoms with Crippen molar-refractivity contribution in [3.8, 4) is 5.75 Å². The minimum Gasteiger partial charge on any atom is -0.502 e. The van der Waals surface area contributed by atoms with E-state index < -0.39 is 51.1 Å². The van der Waals surface area contributed by atoms with E-state index in [1.165, 1.54) is 7.11 Å². The molecule has 0 N–H and O–H groups in total. The van der Waals surface area contributed by atoms with Crippen molar-refractivity contribution in [2.24, 2.45) is 0 Å². The summed E-state index contributed by atoms with van der Waals surface area (Å²) >= 11 is 0. The molecule has 0 amide bonds. The molecular formula is C26H31BF3NO6S. The Kier molecular flexibility index (Phi) is 7.30. The van der Waals surface area contributed by atoms with Gasteiger partial charge in [0.1, 0.15) is 11.9 Å². The summed E-state index contributed by atoms with van der Waals surface area (Å²) in [5, 5.41) is 0. The molecule has 2 aliphatic rings. The van der Waals surface area contributed by atoms with Crippen LogP contribution in [-0.2, 0) is 30.2 Å². The summed E-state index contributed by atoms with van der Waals surface area (Å²) in [4.78, 5) is -0.471. The van der Waals surface area contributed by atoms with E-state index in [2.05, 4.69) is 6.58 Å². The largest absolute Gasteiger partial charge is 0.502 e. The van der Waals surface area contributed by atoms with Crippen LogP contribution in [0, 0.1) is 0 Å². The number of rotatable bonds is 7. The van der Waals surface area contributed by atoms with Crippen molar-refractivity contribution in [1.82, 2.24) is 0 Å². The van der Waals surface area contributed by atoms with Crippen LogP contribution >= 0.6 is 0 Å². The Morgan fingerprint density at radius 1 is 1.13 bits per heavy atom. The zero-order valence-corrected chi connectivity index (χ0v) is 22.8. The van der Waals surface area contributed by atoms with Crippen LogP contribution in [0.2, 0.25) is 0 Å². The summed E-state index contributed by atoms with van der Waals surface area (Å²) in [5.41, 5.74) is -1.55. The smallest absolute Gasteiger partial charge is 0.494 e. The molecule has 1 saturated heterocycles. The fraction of sp³-hybridized carbons (Fsp3) is 0.462. The highest BCUT2D eigenvalue weighted by atomic mass is 32.2. The third-order valence-corrected chi connectivity index (χ3v) is 9.00. The lowest BCUT2D eigenvalue weighted by Gasteiger charge is -2.36. The number of hydrogen-bond donors (Lipinski definition) is 0. The molecule has 0 spiro atoms. The van der Waals surface area contributed by atoms with Gasteiger partial charge in [-0.1, -0.05) is 18.7 Å². The molecule has 206 valence electrons. The lowest BCUT2D eigenvalue weighted by atomic mass is 9.78. The molecule has 12 heteroatoms. The monoisotopic (exact) mass is 553 g/mol. The highest BCUT2D eigenvalue weighted by molar-refractivity contribution is 7.92. The van der Waals surface area contributed by atoms with E-state index in [1.54, 1.807) is 18.2 Å². The Morgan fingerprint density at radius 3 is 2.39 bits per heavy atom. The predicted molar refractivity (Wildman–Crippen MR) is 138 cm³/mol. The van der Waals surface area contributed by atoms with Crippen LogP contribution in [0.1, 0.15) is 46.1 Å². The van der Waals surface area contributed by atoms with Crippen LogP contribution in [0.25, 0.3) is 0 Å². The first-order valence-electron chi connectivity index (χ1n) is 12.1. The molecule has 0 aromatic heterocycles. The molecule has 38 heavy (non-hydrogen) atoms. The Hall–Kier alpha value is -2.70. The molecule has 1 fully saturated rings. The van der Waals surface area contributed by atoms with Crippen LogP contribution in [0.3, 0.4) is 0 Å². The van der Waals surface area contributed by atoms with Crippen LogP contribution in [0.5, 0.6) is 5.75 Å². The van der Waals surface area contributed by atoms with E-state index in [0.29, 0.717) is 30.1 Å². The van der Waals surface area contributed by atoms with Gasteiger partial charge in [0.25, 0.3) is 10.0 Å². The average Bonchev–Trinajstić information content (AvgIpc) is 3.07. The van der Waals surface area contributed by atoms with Crippen molar-refractivity contribution in [2.45, 2.75) is 68.9 Å². The van der Waals surface area contributed by atoms with Gasteiger partial charge in [0, 0.05) is 6.42 Å². The fourth-order valence-corrected chi connectivity index (χ4v) is 5.76. The minimum atomic E-state index is -4.69. The van der Waals surface area contributed by atoms with E-state index in [1.807, 2.05) is 27.7 Å². The van der Waals surface area contributed by atoms with E-state index in [-0.39, 0.29) is 18.0 Å². The quantitative estimate of drug-likeness (QED) is 0.359. The molecule has 0 saturated carbocycles. The number of nitrogens with zero attached hydrogens (tertiary/aromatic N) is 1. The first-order valence-corrected chi connectivity index (χ1v) is 13.6. The molecule has 2 aromatic carbocycles. The van der Waals surface area contributed by atoms with Crippen molar-refractivity contribution in [2.75, 3.05) is 18.0 Å². The standard InChI is InChI=1S/C26H31BF3NO6S/c1-17(34-6)10-12-20-16-31(38(32,33)21-9-7-8-18(14-21)26(28,29)30)22-15-19(11-13-23(22)35-20)27-36-24(2,3)25(4,5)37-27/h7-9,11,13-15,20H,1,10,12,16H2,2-6H3. The van der Waals surface area contributed by atoms with Crippen LogP contribution in [0.4, 0.5) is 18.9 Å². The second-order valence-corrected chi connectivity index (χ2v) is 12.3. The molecule has 0 radical (unpaired) electrons. The summed E-state index contributed by atoms with van der Waals surface area (Å²) in [7, 11) is -3.69. The maximum atomic E-state index is 13.8. The van der Waals surface area contributed by atoms with Gasteiger partial charge in [-0.25, -0.2) is 8.42 Å². The second kappa shape index (κ2) is 9.80. The molecule has 1 atom stereocenters. The number of halogens is 3. The molecule has 0 bridgehead atoms. The molecule has 2 heterocycles. The average molecular weight is 553 g/mol. The topological polar surface area (TPSA) is 74.3 Å². The first-order chi connectivity index (χ1) is 17.5. The molecule has 0 aliphatic carbocycles. The van der Waals surface area contributed by atoms with Crippen molar-refractivity contribution < 1.29 is 40.4 Å². The third kappa shape index (κ3) is 5.39. The maximum Gasteiger partial charge on any atom is 0.494 e. The van der Waals surface area contributed by atoms with Crippen molar-refractivity contribution in [3.05, 3.63) is 60.4 Å². The molecule has 7 nitrogen and oxygen atoms in total. The van der Waals surface area contributed by atoms with Gasteiger partial charge in [0.2, 0.25) is 0 Å². The van der Waals surface area contributed by atoms with Gasteiger partial charge in [-0.15, -0.1) is 0 Å². The summed E-state index contributed by atoms with van der Waals surface area (Å²) in [6.45, 7) is 11.3. The second-order valence-electron chi connectivity index (χ2n) is 10.4. The first kappa shape index (κ1) is 28.3. The predicted octanol–water partition coefficient (Wildman–Crippen LogP) is 4.90. The number of sulfonamides is 1. The van der Waals surface area contributed by atoms with Gasteiger partial charge in [-0.3, -0.25) is 4.31 Å². The van der Waals surface area contributed by atoms with E-state index >= 15 is 0 Å². The summed E-state index contributed by atoms with van der Waals surface area (Å²) in [5.74, 6) is 0.780. The van der Waals surface area contributed by atoms with Gasteiger partial charge in [-0.05, 0) is 69.9 Å². The third-order valence-electron chi connectivity index (χ3n) is 7.22. The highest BCUT2D eigenvalue weighted by Crippen LogP contribution is 2.41. The highest BCUT2D eigenvalue weighted by Gasteiger charge is 2.52. The summed E-state index contributed by atoms with van der Waals surface area (Å²) in [6, 6.07) is 8.66. The molecule has 2 aromatic rings. The number of fused-ring (bicyclic) bond motifs is 1. The number of allylic oxidation sites excluding steroid dienone is 1. The minimum absolute atomic E-state index is 0.116. The maximum absolute atomic E-state index is 13.8. The van der Waals surface area contributed by atoms with E-state index in [0.717, 1.165) is 22.5 Å². The van der Waals surface area contributed by atoms with Gasteiger partial charge in [0.05, 0.1) is 46.8 Å². The van der Waals surface area contributed by atoms with Crippen molar-refractivity contribution in [1.29, 1.82) is 0 Å². The summed E-state index contributed by atoms with van der Waals surface area (Å²) < 4.78 is 92.3. The zero-order chi connectivity index (χ0) is 28.1. The molecule has 2 aliphatic heterocycles. The number of methoxy groups -OCH3 is 1. The Labute approximate surface area is 221 Å². The Morgan fingerprint density at radius 2 is 1.79 bits per heavy atom. The normalized spacial score (nSPS) is 20.6. The number of hydrogen-bond acceptors (Lipinski definition) is 6. The summed E-state index contributed by atoms with van der Waals surface area (Å²) in [6.07, 6.45) is -4.47. The zero-order valence-electron chi connectivity index (χ0n) is 22.0. The Balaban J connectivity index is 1.76. The SMILES string of the molecule is C=C(CCC1CN(S(=O)(=O)c2cccc(C(F)(F)F)c2)c2cc(B3OC(C)(C)C(C)(C)O3)ccc2O1)OC.